The quantitative estimate of drug-likeness (QED) is 0.235. The lowest BCUT2D eigenvalue weighted by atomic mass is 10.0. The summed E-state index contributed by atoms with van der Waals surface area (Å²) in [6.45, 7) is 6.72. The number of carbonyl (C=O) groups excluding carboxylic acids is 1. The van der Waals surface area contributed by atoms with Gasteiger partial charge in [-0.05, 0) is 12.3 Å². The van der Waals surface area contributed by atoms with Gasteiger partial charge in [-0.25, -0.2) is 0 Å². The Kier molecular flexibility index (Phi) is 16.4. The van der Waals surface area contributed by atoms with Crippen molar-refractivity contribution in [1.29, 1.82) is 0 Å². The summed E-state index contributed by atoms with van der Waals surface area (Å²) >= 11 is 0. The van der Waals surface area contributed by atoms with E-state index in [2.05, 4.69) is 13.8 Å². The maximum absolute atomic E-state index is 10.6. The van der Waals surface area contributed by atoms with E-state index in [-0.39, 0.29) is 5.97 Å². The van der Waals surface area contributed by atoms with Crippen LogP contribution < -0.4 is 0 Å². The van der Waals surface area contributed by atoms with Crippen LogP contribution in [-0.2, 0) is 9.53 Å². The number of esters is 1. The number of carbonyl (C=O) groups is 1. The molecule has 0 radical (unpaired) electrons. The van der Waals surface area contributed by atoms with Crippen molar-refractivity contribution in [3.05, 3.63) is 0 Å². The predicted molar refractivity (Wildman–Crippen MR) is 96.1 cm³/mol. The van der Waals surface area contributed by atoms with Crippen molar-refractivity contribution in [1.82, 2.24) is 0 Å². The summed E-state index contributed by atoms with van der Waals surface area (Å²) in [5, 5.41) is 0. The molecule has 22 heavy (non-hydrogen) atoms. The maximum Gasteiger partial charge on any atom is 0.302 e. The van der Waals surface area contributed by atoms with E-state index < -0.39 is 0 Å². The standard InChI is InChI=1S/C20H40O2/c1-19(2)17-15-13-11-9-7-5-4-6-8-10-12-14-16-18-22-20(3)21/h19H,4-18H2,1-3H3. The minimum absolute atomic E-state index is 0.153. The molecular formula is C20H40O2. The van der Waals surface area contributed by atoms with Crippen LogP contribution in [0.5, 0.6) is 0 Å². The van der Waals surface area contributed by atoms with Gasteiger partial charge in [-0.3, -0.25) is 4.79 Å². The Morgan fingerprint density at radius 1 is 0.682 bits per heavy atom. The lowest BCUT2D eigenvalue weighted by molar-refractivity contribution is -0.141. The molecule has 0 aromatic heterocycles. The summed E-state index contributed by atoms with van der Waals surface area (Å²) in [5.41, 5.74) is 0. The third kappa shape index (κ3) is 19.5. The lowest BCUT2D eigenvalue weighted by Crippen LogP contribution is -2.00. The molecule has 0 amide bonds. The minimum atomic E-state index is -0.153. The van der Waals surface area contributed by atoms with Crippen molar-refractivity contribution < 1.29 is 9.53 Å². The molecular weight excluding hydrogens is 272 g/mol. The number of unbranched alkanes of at least 4 members (excludes halogenated alkanes) is 12. The molecule has 0 bridgehead atoms. The highest BCUT2D eigenvalue weighted by Crippen LogP contribution is 2.14. The van der Waals surface area contributed by atoms with E-state index in [1.807, 2.05) is 0 Å². The number of rotatable bonds is 16. The van der Waals surface area contributed by atoms with Crippen LogP contribution in [0.2, 0.25) is 0 Å². The minimum Gasteiger partial charge on any atom is -0.466 e. The van der Waals surface area contributed by atoms with Gasteiger partial charge in [0.25, 0.3) is 0 Å². The highest BCUT2D eigenvalue weighted by atomic mass is 16.5. The molecule has 0 aliphatic rings. The van der Waals surface area contributed by atoms with Crippen molar-refractivity contribution in [2.24, 2.45) is 5.92 Å². The number of hydrogen-bond donors (Lipinski definition) is 0. The van der Waals surface area contributed by atoms with Crippen molar-refractivity contribution in [3.63, 3.8) is 0 Å². The molecule has 0 atom stereocenters. The molecule has 132 valence electrons. The van der Waals surface area contributed by atoms with Gasteiger partial charge in [0, 0.05) is 6.92 Å². The van der Waals surface area contributed by atoms with Crippen LogP contribution in [0.3, 0.4) is 0 Å². The zero-order valence-corrected chi connectivity index (χ0v) is 15.5. The Balaban J connectivity index is 2.98. The fraction of sp³-hybridized carbons (Fsp3) is 0.950. The molecule has 0 aliphatic carbocycles. The summed E-state index contributed by atoms with van der Waals surface area (Å²) in [5.74, 6) is 0.724. The second kappa shape index (κ2) is 16.8. The smallest absolute Gasteiger partial charge is 0.302 e. The van der Waals surface area contributed by atoms with Gasteiger partial charge in [-0.2, -0.15) is 0 Å². The van der Waals surface area contributed by atoms with E-state index in [1.165, 1.54) is 90.4 Å². The van der Waals surface area contributed by atoms with Crippen LogP contribution in [-0.4, -0.2) is 12.6 Å². The molecule has 0 aliphatic heterocycles. The second-order valence-corrected chi connectivity index (χ2v) is 7.12. The average molecular weight is 313 g/mol. The van der Waals surface area contributed by atoms with Gasteiger partial charge in [-0.15, -0.1) is 0 Å². The first kappa shape index (κ1) is 21.5. The van der Waals surface area contributed by atoms with Crippen LogP contribution >= 0.6 is 0 Å². The van der Waals surface area contributed by atoms with Crippen molar-refractivity contribution in [2.75, 3.05) is 6.61 Å². The number of ether oxygens (including phenoxy) is 1. The molecule has 0 spiro atoms. The van der Waals surface area contributed by atoms with Crippen LogP contribution in [0.1, 0.15) is 111 Å². The fourth-order valence-corrected chi connectivity index (χ4v) is 2.82. The average Bonchev–Trinajstić information content (AvgIpc) is 2.46. The molecule has 0 aromatic carbocycles. The zero-order chi connectivity index (χ0) is 16.5. The summed E-state index contributed by atoms with van der Waals surface area (Å²) in [6, 6.07) is 0. The summed E-state index contributed by atoms with van der Waals surface area (Å²) in [7, 11) is 0. The van der Waals surface area contributed by atoms with E-state index >= 15 is 0 Å². The number of hydrogen-bond acceptors (Lipinski definition) is 2. The molecule has 2 heteroatoms. The largest absolute Gasteiger partial charge is 0.466 e. The molecule has 0 heterocycles. The third-order valence-corrected chi connectivity index (χ3v) is 4.23. The van der Waals surface area contributed by atoms with Gasteiger partial charge in [0.15, 0.2) is 0 Å². The van der Waals surface area contributed by atoms with E-state index in [0.717, 1.165) is 12.3 Å². The second-order valence-electron chi connectivity index (χ2n) is 7.12. The van der Waals surface area contributed by atoms with Gasteiger partial charge in [0.2, 0.25) is 0 Å². The van der Waals surface area contributed by atoms with Crippen molar-refractivity contribution in [3.8, 4) is 0 Å². The Hall–Kier alpha value is -0.530. The Morgan fingerprint density at radius 3 is 1.41 bits per heavy atom. The highest BCUT2D eigenvalue weighted by molar-refractivity contribution is 5.65. The van der Waals surface area contributed by atoms with Gasteiger partial charge < -0.3 is 4.74 Å². The maximum atomic E-state index is 10.6. The molecule has 0 N–H and O–H groups in total. The van der Waals surface area contributed by atoms with Crippen molar-refractivity contribution >= 4 is 5.97 Å². The molecule has 2 nitrogen and oxygen atoms in total. The summed E-state index contributed by atoms with van der Waals surface area (Å²) in [4.78, 5) is 10.6. The zero-order valence-electron chi connectivity index (χ0n) is 15.5. The molecule has 0 fully saturated rings. The summed E-state index contributed by atoms with van der Waals surface area (Å²) < 4.78 is 4.92. The first-order chi connectivity index (χ1) is 10.6. The van der Waals surface area contributed by atoms with Crippen LogP contribution in [0.25, 0.3) is 0 Å². The Bertz CT molecular complexity index is 236. The summed E-state index contributed by atoms with van der Waals surface area (Å²) in [6.07, 6.45) is 19.1. The first-order valence-electron chi connectivity index (χ1n) is 9.76. The van der Waals surface area contributed by atoms with E-state index in [9.17, 15) is 4.79 Å². The molecule has 0 unspecified atom stereocenters. The monoisotopic (exact) mass is 312 g/mol. The molecule has 0 saturated heterocycles. The predicted octanol–water partition coefficient (Wildman–Crippen LogP) is 6.67. The molecule has 0 saturated carbocycles. The van der Waals surface area contributed by atoms with E-state index in [4.69, 9.17) is 4.74 Å². The van der Waals surface area contributed by atoms with Gasteiger partial charge >= 0.3 is 5.97 Å². The first-order valence-corrected chi connectivity index (χ1v) is 9.76. The van der Waals surface area contributed by atoms with E-state index in [0.29, 0.717) is 6.61 Å². The normalized spacial score (nSPS) is 11.1. The van der Waals surface area contributed by atoms with Crippen LogP contribution in [0, 0.1) is 5.92 Å². The van der Waals surface area contributed by atoms with Crippen LogP contribution in [0.15, 0.2) is 0 Å². The van der Waals surface area contributed by atoms with E-state index in [1.54, 1.807) is 0 Å². The molecule has 0 aromatic rings. The highest BCUT2D eigenvalue weighted by Gasteiger charge is 1.96. The SMILES string of the molecule is CC(=O)OCCCCCCCCCCCCCCCC(C)C. The molecule has 0 rings (SSSR count). The van der Waals surface area contributed by atoms with Gasteiger partial charge in [0.05, 0.1) is 6.61 Å². The van der Waals surface area contributed by atoms with Crippen LogP contribution in [0.4, 0.5) is 0 Å². The third-order valence-electron chi connectivity index (χ3n) is 4.23. The van der Waals surface area contributed by atoms with Crippen molar-refractivity contribution in [2.45, 2.75) is 111 Å². The van der Waals surface area contributed by atoms with Gasteiger partial charge in [0.1, 0.15) is 0 Å². The lowest BCUT2D eigenvalue weighted by Gasteiger charge is -2.05. The fourth-order valence-electron chi connectivity index (χ4n) is 2.82. The Labute approximate surface area is 139 Å². The topological polar surface area (TPSA) is 26.3 Å². The van der Waals surface area contributed by atoms with Gasteiger partial charge in [-0.1, -0.05) is 97.3 Å². The Morgan fingerprint density at radius 2 is 1.05 bits per heavy atom.